The molecule has 0 bridgehead atoms. The molecule has 0 radical (unpaired) electrons. The average molecular weight is 231 g/mol. The Morgan fingerprint density at radius 2 is 2.29 bits per heavy atom. The van der Waals surface area contributed by atoms with Gasteiger partial charge in [-0.2, -0.15) is 15.3 Å². The fourth-order valence-electron chi connectivity index (χ4n) is 1.52. The van der Waals surface area contributed by atoms with Crippen molar-refractivity contribution in [3.63, 3.8) is 0 Å². The summed E-state index contributed by atoms with van der Waals surface area (Å²) in [6.45, 7) is 2.83. The van der Waals surface area contributed by atoms with E-state index in [4.69, 9.17) is 0 Å². The summed E-state index contributed by atoms with van der Waals surface area (Å²) in [7, 11) is 0. The van der Waals surface area contributed by atoms with Gasteiger partial charge in [0.2, 0.25) is 0 Å². The second-order valence-corrected chi connectivity index (χ2v) is 3.63. The largest absolute Gasteiger partial charge is 0.294 e. The van der Waals surface area contributed by atoms with Crippen LogP contribution < -0.4 is 0 Å². The van der Waals surface area contributed by atoms with Gasteiger partial charge in [0, 0.05) is 12.1 Å². The van der Waals surface area contributed by atoms with Crippen molar-refractivity contribution in [2.24, 2.45) is 0 Å². The van der Waals surface area contributed by atoms with Crippen molar-refractivity contribution >= 4 is 5.78 Å². The molecule has 2 aromatic rings. The molecular formula is C11H13N5O. The Balaban J connectivity index is 2.11. The Hall–Kier alpha value is -2.11. The first-order valence-electron chi connectivity index (χ1n) is 5.48. The van der Waals surface area contributed by atoms with Gasteiger partial charge in [-0.15, -0.1) is 0 Å². The third kappa shape index (κ3) is 2.72. The molecule has 0 aliphatic heterocycles. The molecule has 6 nitrogen and oxygen atoms in total. The molecule has 0 N–H and O–H groups in total. The molecule has 0 spiro atoms. The molecule has 0 saturated carbocycles. The first kappa shape index (κ1) is 11.4. The molecule has 17 heavy (non-hydrogen) atoms. The molecule has 2 aromatic heterocycles. The molecule has 88 valence electrons. The lowest BCUT2D eigenvalue weighted by molar-refractivity contribution is 0.0988. The van der Waals surface area contributed by atoms with Crippen LogP contribution in [0.3, 0.4) is 0 Å². The maximum atomic E-state index is 11.9. The fraction of sp³-hybridized carbons (Fsp3) is 0.364. The van der Waals surface area contributed by atoms with Gasteiger partial charge in [-0.1, -0.05) is 6.92 Å². The van der Waals surface area contributed by atoms with E-state index in [1.807, 2.05) is 0 Å². The van der Waals surface area contributed by atoms with Crippen LogP contribution in [-0.4, -0.2) is 30.7 Å². The number of carbonyl (C=O) groups excluding carboxylic acids is 1. The average Bonchev–Trinajstić information content (AvgIpc) is 2.78. The molecule has 2 heterocycles. The van der Waals surface area contributed by atoms with Crippen molar-refractivity contribution in [1.82, 2.24) is 25.0 Å². The summed E-state index contributed by atoms with van der Waals surface area (Å²) in [4.78, 5) is 16.0. The molecule has 6 heteroatoms. The molecule has 0 aliphatic carbocycles. The predicted molar refractivity (Wildman–Crippen MR) is 60.4 cm³/mol. The number of nitrogens with zero attached hydrogens (tertiary/aromatic N) is 5. The molecule has 0 atom stereocenters. The van der Waals surface area contributed by atoms with Gasteiger partial charge in [0.05, 0.1) is 18.8 Å². The van der Waals surface area contributed by atoms with E-state index in [2.05, 4.69) is 27.2 Å². The Kier molecular flexibility index (Phi) is 3.54. The number of hydrogen-bond acceptors (Lipinski definition) is 5. The Morgan fingerprint density at radius 1 is 1.41 bits per heavy atom. The van der Waals surface area contributed by atoms with E-state index in [1.54, 1.807) is 10.7 Å². The maximum absolute atomic E-state index is 11.9. The van der Waals surface area contributed by atoms with Gasteiger partial charge in [0.15, 0.2) is 5.78 Å². The van der Waals surface area contributed by atoms with Crippen LogP contribution in [0.1, 0.15) is 29.5 Å². The van der Waals surface area contributed by atoms with Gasteiger partial charge in [-0.25, -0.2) is 9.67 Å². The highest BCUT2D eigenvalue weighted by molar-refractivity contribution is 5.96. The number of rotatable bonds is 5. The Bertz CT molecular complexity index is 494. The predicted octanol–water partition coefficient (Wildman–Crippen LogP) is 0.904. The number of carbonyl (C=O) groups is 1. The van der Waals surface area contributed by atoms with Crippen LogP contribution in [0.4, 0.5) is 0 Å². The lowest BCUT2D eigenvalue weighted by Crippen LogP contribution is -2.11. The van der Waals surface area contributed by atoms with Gasteiger partial charge in [-0.05, 0) is 12.5 Å². The van der Waals surface area contributed by atoms with Crippen LogP contribution in [0.25, 0.3) is 0 Å². The van der Waals surface area contributed by atoms with Crippen molar-refractivity contribution in [2.45, 2.75) is 26.3 Å². The molecule has 2 rings (SSSR count). The van der Waals surface area contributed by atoms with Crippen molar-refractivity contribution in [3.05, 3.63) is 36.2 Å². The molecule has 0 unspecified atom stereocenters. The van der Waals surface area contributed by atoms with Gasteiger partial charge < -0.3 is 0 Å². The van der Waals surface area contributed by atoms with Gasteiger partial charge >= 0.3 is 0 Å². The summed E-state index contributed by atoms with van der Waals surface area (Å²) in [5.74, 6) is 0.666. The van der Waals surface area contributed by atoms with Crippen molar-refractivity contribution in [1.29, 1.82) is 0 Å². The molecule has 0 fully saturated rings. The fourth-order valence-corrected chi connectivity index (χ4v) is 1.52. The summed E-state index contributed by atoms with van der Waals surface area (Å²) in [5.41, 5.74) is 0.547. The van der Waals surface area contributed by atoms with E-state index in [0.29, 0.717) is 11.4 Å². The first-order valence-corrected chi connectivity index (χ1v) is 5.48. The minimum atomic E-state index is -0.0229. The zero-order valence-corrected chi connectivity index (χ0v) is 9.58. The van der Waals surface area contributed by atoms with Crippen LogP contribution in [0.15, 0.2) is 24.8 Å². The van der Waals surface area contributed by atoms with E-state index < -0.39 is 0 Å². The van der Waals surface area contributed by atoms with Gasteiger partial charge in [-0.3, -0.25) is 4.79 Å². The van der Waals surface area contributed by atoms with Crippen LogP contribution in [0, 0.1) is 0 Å². The molecule has 0 aromatic carbocycles. The smallest absolute Gasteiger partial charge is 0.172 e. The highest BCUT2D eigenvalue weighted by Gasteiger charge is 2.11. The Morgan fingerprint density at radius 3 is 3.00 bits per heavy atom. The van der Waals surface area contributed by atoms with Gasteiger partial charge in [0.25, 0.3) is 0 Å². The van der Waals surface area contributed by atoms with Crippen molar-refractivity contribution < 1.29 is 4.79 Å². The third-order valence-corrected chi connectivity index (χ3v) is 2.36. The van der Waals surface area contributed by atoms with E-state index in [0.717, 1.165) is 13.0 Å². The third-order valence-electron chi connectivity index (χ3n) is 2.36. The number of hydrogen-bond donors (Lipinski definition) is 0. The van der Waals surface area contributed by atoms with Gasteiger partial charge in [0.1, 0.15) is 12.2 Å². The summed E-state index contributed by atoms with van der Waals surface area (Å²) in [6, 6.07) is 1.65. The summed E-state index contributed by atoms with van der Waals surface area (Å²) in [5, 5.41) is 11.4. The van der Waals surface area contributed by atoms with Crippen molar-refractivity contribution in [2.75, 3.05) is 0 Å². The standard InChI is InChI=1S/C11H13N5O/c1-2-5-16-11(12-8-15-16)6-10(17)9-3-4-13-14-7-9/h3-4,7-8H,2,5-6H2,1H3. The molecule has 0 aliphatic rings. The SMILES string of the molecule is CCCn1ncnc1CC(=O)c1ccnnc1. The van der Waals surface area contributed by atoms with E-state index >= 15 is 0 Å². The van der Waals surface area contributed by atoms with E-state index in [9.17, 15) is 4.79 Å². The number of aryl methyl sites for hydroxylation is 1. The number of Topliss-reactive ketones (excluding diaryl/α,β-unsaturated/α-hetero) is 1. The molecular weight excluding hydrogens is 218 g/mol. The second kappa shape index (κ2) is 5.29. The van der Waals surface area contributed by atoms with E-state index in [-0.39, 0.29) is 12.2 Å². The normalized spacial score (nSPS) is 10.4. The zero-order valence-electron chi connectivity index (χ0n) is 9.58. The number of ketones is 1. The lowest BCUT2D eigenvalue weighted by atomic mass is 10.1. The van der Waals surface area contributed by atoms with Crippen LogP contribution in [-0.2, 0) is 13.0 Å². The minimum Gasteiger partial charge on any atom is -0.294 e. The number of aromatic nitrogens is 5. The summed E-state index contributed by atoms with van der Waals surface area (Å²) >= 11 is 0. The minimum absolute atomic E-state index is 0.0229. The molecule has 0 amide bonds. The Labute approximate surface area is 98.7 Å². The maximum Gasteiger partial charge on any atom is 0.172 e. The van der Waals surface area contributed by atoms with Crippen LogP contribution >= 0.6 is 0 Å². The second-order valence-electron chi connectivity index (χ2n) is 3.63. The summed E-state index contributed by atoms with van der Waals surface area (Å²) in [6.07, 6.45) is 5.64. The van der Waals surface area contributed by atoms with E-state index in [1.165, 1.54) is 18.7 Å². The van der Waals surface area contributed by atoms with Crippen molar-refractivity contribution in [3.8, 4) is 0 Å². The highest BCUT2D eigenvalue weighted by atomic mass is 16.1. The lowest BCUT2D eigenvalue weighted by Gasteiger charge is -2.03. The monoisotopic (exact) mass is 231 g/mol. The zero-order chi connectivity index (χ0) is 12.1. The highest BCUT2D eigenvalue weighted by Crippen LogP contribution is 2.04. The first-order chi connectivity index (χ1) is 8.31. The quantitative estimate of drug-likeness (QED) is 0.715. The summed E-state index contributed by atoms with van der Waals surface area (Å²) < 4.78 is 1.76. The molecule has 0 saturated heterocycles. The van der Waals surface area contributed by atoms with Crippen LogP contribution in [0.2, 0.25) is 0 Å². The van der Waals surface area contributed by atoms with Crippen LogP contribution in [0.5, 0.6) is 0 Å². The topological polar surface area (TPSA) is 73.6 Å².